The van der Waals surface area contributed by atoms with Gasteiger partial charge in [-0.05, 0) is 40.8 Å². The van der Waals surface area contributed by atoms with E-state index in [2.05, 4.69) is 5.32 Å². The Balaban J connectivity index is 2.59. The molecule has 0 heterocycles. The zero-order valence-electron chi connectivity index (χ0n) is 7.37. The molecule has 0 amide bonds. The van der Waals surface area contributed by atoms with Crippen molar-refractivity contribution >= 4 is 28.3 Å². The average molecular weight is 311 g/mol. The number of rotatable bonds is 4. The zero-order valence-corrected chi connectivity index (χ0v) is 9.53. The molecule has 1 aromatic rings. The van der Waals surface area contributed by atoms with E-state index in [1.807, 2.05) is 22.6 Å². The lowest BCUT2D eigenvalue weighted by atomic mass is 10.3. The van der Waals surface area contributed by atoms with Crippen LogP contribution in [0.15, 0.2) is 18.2 Å². The lowest BCUT2D eigenvalue weighted by Crippen LogP contribution is -2.23. The van der Waals surface area contributed by atoms with E-state index in [4.69, 9.17) is 10.2 Å². The molecule has 0 aliphatic carbocycles. The number of anilines is 1. The van der Waals surface area contributed by atoms with E-state index in [-0.39, 0.29) is 19.0 Å². The Morgan fingerprint density at radius 3 is 2.79 bits per heavy atom. The average Bonchev–Trinajstić information content (AvgIpc) is 2.16. The van der Waals surface area contributed by atoms with E-state index in [9.17, 15) is 4.39 Å². The van der Waals surface area contributed by atoms with Crippen molar-refractivity contribution in [3.8, 4) is 0 Å². The van der Waals surface area contributed by atoms with Crippen molar-refractivity contribution in [3.05, 3.63) is 27.6 Å². The van der Waals surface area contributed by atoms with Gasteiger partial charge in [-0.15, -0.1) is 0 Å². The quantitative estimate of drug-likeness (QED) is 0.732. The summed E-state index contributed by atoms with van der Waals surface area (Å²) in [5.74, 6) is -0.289. The zero-order chi connectivity index (χ0) is 10.6. The second kappa shape index (κ2) is 5.47. The molecule has 0 fully saturated rings. The molecule has 1 atom stereocenters. The molecule has 5 heteroatoms. The normalized spacial score (nSPS) is 12.6. The summed E-state index contributed by atoms with van der Waals surface area (Å²) in [5.41, 5.74) is 0.750. The first-order valence-electron chi connectivity index (χ1n) is 4.11. The van der Waals surface area contributed by atoms with Crippen LogP contribution in [0.3, 0.4) is 0 Å². The highest BCUT2D eigenvalue weighted by atomic mass is 127. The van der Waals surface area contributed by atoms with Crippen LogP contribution < -0.4 is 5.32 Å². The summed E-state index contributed by atoms with van der Waals surface area (Å²) >= 11 is 2.00. The molecule has 78 valence electrons. The molecular formula is C9H11FINO2. The minimum Gasteiger partial charge on any atom is -0.394 e. The summed E-state index contributed by atoms with van der Waals surface area (Å²) in [6, 6.07) is 4.34. The SMILES string of the molecule is OC[C@@H](O)CNc1ccc(F)cc1I. The van der Waals surface area contributed by atoms with Gasteiger partial charge in [0.05, 0.1) is 12.7 Å². The minimum atomic E-state index is -0.796. The van der Waals surface area contributed by atoms with Crippen molar-refractivity contribution in [2.24, 2.45) is 0 Å². The third-order valence-electron chi connectivity index (χ3n) is 1.67. The van der Waals surface area contributed by atoms with Crippen LogP contribution in [-0.2, 0) is 0 Å². The molecule has 0 unspecified atom stereocenters. The first-order chi connectivity index (χ1) is 6.63. The van der Waals surface area contributed by atoms with Crippen LogP contribution in [0.4, 0.5) is 10.1 Å². The maximum absolute atomic E-state index is 12.7. The van der Waals surface area contributed by atoms with Gasteiger partial charge < -0.3 is 15.5 Å². The third kappa shape index (κ3) is 3.39. The minimum absolute atomic E-state index is 0.248. The third-order valence-corrected chi connectivity index (χ3v) is 2.56. The first-order valence-corrected chi connectivity index (χ1v) is 5.19. The lowest BCUT2D eigenvalue weighted by molar-refractivity contribution is 0.105. The van der Waals surface area contributed by atoms with Gasteiger partial charge in [0.15, 0.2) is 0 Å². The fourth-order valence-corrected chi connectivity index (χ4v) is 1.59. The van der Waals surface area contributed by atoms with Crippen molar-refractivity contribution in [2.75, 3.05) is 18.5 Å². The van der Waals surface area contributed by atoms with Crippen LogP contribution in [0.25, 0.3) is 0 Å². The van der Waals surface area contributed by atoms with Gasteiger partial charge in [0, 0.05) is 15.8 Å². The predicted molar refractivity (Wildman–Crippen MR) is 60.7 cm³/mol. The number of hydrogen-bond acceptors (Lipinski definition) is 3. The van der Waals surface area contributed by atoms with Gasteiger partial charge in [-0.1, -0.05) is 0 Å². The molecule has 3 nitrogen and oxygen atoms in total. The highest BCUT2D eigenvalue weighted by Crippen LogP contribution is 2.18. The largest absolute Gasteiger partial charge is 0.394 e. The molecule has 0 spiro atoms. The molecule has 14 heavy (non-hydrogen) atoms. The van der Waals surface area contributed by atoms with E-state index >= 15 is 0 Å². The van der Waals surface area contributed by atoms with Crippen LogP contribution >= 0.6 is 22.6 Å². The smallest absolute Gasteiger partial charge is 0.124 e. The number of halogens is 2. The van der Waals surface area contributed by atoms with Crippen molar-refractivity contribution < 1.29 is 14.6 Å². The summed E-state index contributed by atoms with van der Waals surface area (Å²) in [7, 11) is 0. The second-order valence-corrected chi connectivity index (χ2v) is 4.00. The highest BCUT2D eigenvalue weighted by molar-refractivity contribution is 14.1. The topological polar surface area (TPSA) is 52.5 Å². The van der Waals surface area contributed by atoms with Gasteiger partial charge in [0.25, 0.3) is 0 Å². The summed E-state index contributed by atoms with van der Waals surface area (Å²) in [6.45, 7) is -0.0388. The van der Waals surface area contributed by atoms with E-state index in [0.717, 1.165) is 9.26 Å². The van der Waals surface area contributed by atoms with Crippen LogP contribution in [-0.4, -0.2) is 29.5 Å². The molecule has 0 aliphatic heterocycles. The molecule has 3 N–H and O–H groups in total. The first kappa shape index (κ1) is 11.7. The fraction of sp³-hybridized carbons (Fsp3) is 0.333. The molecule has 0 bridgehead atoms. The van der Waals surface area contributed by atoms with Gasteiger partial charge in [-0.3, -0.25) is 0 Å². The van der Waals surface area contributed by atoms with Gasteiger partial charge >= 0.3 is 0 Å². The number of benzene rings is 1. The molecule has 0 aromatic heterocycles. The van der Waals surface area contributed by atoms with E-state index in [0.29, 0.717) is 0 Å². The van der Waals surface area contributed by atoms with Gasteiger partial charge in [0.1, 0.15) is 5.82 Å². The number of hydrogen-bond donors (Lipinski definition) is 3. The summed E-state index contributed by atoms with van der Waals surface area (Å²) in [5, 5.41) is 20.6. The number of aliphatic hydroxyl groups is 2. The van der Waals surface area contributed by atoms with Crippen LogP contribution in [0.1, 0.15) is 0 Å². The second-order valence-electron chi connectivity index (χ2n) is 2.84. The highest BCUT2D eigenvalue weighted by Gasteiger charge is 2.04. The Morgan fingerprint density at radius 2 is 2.21 bits per heavy atom. The lowest BCUT2D eigenvalue weighted by Gasteiger charge is -2.11. The molecule has 1 rings (SSSR count). The maximum Gasteiger partial charge on any atom is 0.124 e. The van der Waals surface area contributed by atoms with Crippen LogP contribution in [0, 0.1) is 9.39 Å². The molecular weight excluding hydrogens is 300 g/mol. The fourth-order valence-electron chi connectivity index (χ4n) is 0.925. The van der Waals surface area contributed by atoms with Crippen LogP contribution in [0.2, 0.25) is 0 Å². The van der Waals surface area contributed by atoms with E-state index in [1.165, 1.54) is 12.1 Å². The number of nitrogens with one attached hydrogen (secondary N) is 1. The van der Waals surface area contributed by atoms with Crippen molar-refractivity contribution in [2.45, 2.75) is 6.10 Å². The van der Waals surface area contributed by atoms with Gasteiger partial charge in [-0.25, -0.2) is 4.39 Å². The van der Waals surface area contributed by atoms with Crippen LogP contribution in [0.5, 0.6) is 0 Å². The summed E-state index contributed by atoms with van der Waals surface area (Å²) in [4.78, 5) is 0. The molecule has 0 aliphatic rings. The Kier molecular flexibility index (Phi) is 4.56. The summed E-state index contributed by atoms with van der Waals surface area (Å²) in [6.07, 6.45) is -0.796. The van der Waals surface area contributed by atoms with Crippen molar-refractivity contribution in [3.63, 3.8) is 0 Å². The Hall–Kier alpha value is -0.400. The molecule has 0 saturated heterocycles. The van der Waals surface area contributed by atoms with Crippen molar-refractivity contribution in [1.29, 1.82) is 0 Å². The van der Waals surface area contributed by atoms with Crippen molar-refractivity contribution in [1.82, 2.24) is 0 Å². The Labute approximate surface area is 95.1 Å². The maximum atomic E-state index is 12.7. The molecule has 1 aromatic carbocycles. The molecule has 0 radical (unpaired) electrons. The molecule has 0 saturated carbocycles. The summed E-state index contributed by atoms with van der Waals surface area (Å²) < 4.78 is 13.4. The number of aliphatic hydroxyl groups excluding tert-OH is 2. The van der Waals surface area contributed by atoms with Gasteiger partial charge in [0.2, 0.25) is 0 Å². The van der Waals surface area contributed by atoms with E-state index < -0.39 is 6.10 Å². The standard InChI is InChI=1S/C9H11FINO2/c10-6-1-2-9(8(11)3-6)12-4-7(14)5-13/h1-3,7,12-14H,4-5H2/t7-/m0/s1. The van der Waals surface area contributed by atoms with Gasteiger partial charge in [-0.2, -0.15) is 0 Å². The predicted octanol–water partition coefficient (Wildman–Crippen LogP) is 1.20. The van der Waals surface area contributed by atoms with E-state index in [1.54, 1.807) is 6.07 Å². The Morgan fingerprint density at radius 1 is 1.50 bits per heavy atom. The monoisotopic (exact) mass is 311 g/mol. The Bertz CT molecular complexity index is 309.